The second-order valence-corrected chi connectivity index (χ2v) is 4.66. The molecule has 0 aliphatic carbocycles. The van der Waals surface area contributed by atoms with Gasteiger partial charge < -0.3 is 0 Å². The van der Waals surface area contributed by atoms with Crippen LogP contribution in [0.1, 0.15) is 0 Å². The van der Waals surface area contributed by atoms with Gasteiger partial charge >= 0.3 is 0 Å². The van der Waals surface area contributed by atoms with E-state index in [1.54, 1.807) is 23.3 Å². The van der Waals surface area contributed by atoms with Gasteiger partial charge in [0, 0.05) is 28.6 Å². The lowest BCUT2D eigenvalue weighted by molar-refractivity contribution is 0.838. The van der Waals surface area contributed by atoms with Gasteiger partial charge in [-0.2, -0.15) is 5.10 Å². The van der Waals surface area contributed by atoms with Gasteiger partial charge in [0.25, 0.3) is 0 Å². The van der Waals surface area contributed by atoms with E-state index >= 15 is 0 Å². The number of aromatic nitrogens is 4. The second kappa shape index (κ2) is 4.70. The highest BCUT2D eigenvalue weighted by Gasteiger charge is 2.04. The largest absolute Gasteiger partial charge is 0.259 e. The SMILES string of the molecule is Brc1cccc(-c2cnn(-c3cnccn3)c2)c1. The topological polar surface area (TPSA) is 43.6 Å². The smallest absolute Gasteiger partial charge is 0.171 e. The summed E-state index contributed by atoms with van der Waals surface area (Å²) in [7, 11) is 0. The third-order valence-electron chi connectivity index (χ3n) is 2.52. The number of halogens is 1. The maximum absolute atomic E-state index is 4.29. The van der Waals surface area contributed by atoms with Crippen molar-refractivity contribution in [2.75, 3.05) is 0 Å². The summed E-state index contributed by atoms with van der Waals surface area (Å²) in [6.07, 6.45) is 8.72. The van der Waals surface area contributed by atoms with Crippen molar-refractivity contribution in [3.8, 4) is 16.9 Å². The van der Waals surface area contributed by atoms with Crippen molar-refractivity contribution in [3.63, 3.8) is 0 Å². The molecule has 5 heteroatoms. The van der Waals surface area contributed by atoms with Crippen LogP contribution in [0.4, 0.5) is 0 Å². The highest BCUT2D eigenvalue weighted by molar-refractivity contribution is 9.10. The second-order valence-electron chi connectivity index (χ2n) is 3.75. The molecule has 0 fully saturated rings. The predicted molar refractivity (Wildman–Crippen MR) is 72.3 cm³/mol. The number of hydrogen-bond acceptors (Lipinski definition) is 3. The van der Waals surface area contributed by atoms with Crippen LogP contribution in [0.2, 0.25) is 0 Å². The van der Waals surface area contributed by atoms with Gasteiger partial charge in [0.15, 0.2) is 5.82 Å². The van der Waals surface area contributed by atoms with Gasteiger partial charge in [-0.25, -0.2) is 9.67 Å². The number of benzene rings is 1. The maximum Gasteiger partial charge on any atom is 0.171 e. The summed E-state index contributed by atoms with van der Waals surface area (Å²) >= 11 is 3.46. The van der Waals surface area contributed by atoms with E-state index in [-0.39, 0.29) is 0 Å². The van der Waals surface area contributed by atoms with E-state index in [0.29, 0.717) is 5.82 Å². The normalized spacial score (nSPS) is 10.5. The lowest BCUT2D eigenvalue weighted by atomic mass is 10.1. The monoisotopic (exact) mass is 300 g/mol. The third-order valence-corrected chi connectivity index (χ3v) is 3.02. The molecule has 0 aliphatic rings. The van der Waals surface area contributed by atoms with Gasteiger partial charge in [-0.15, -0.1) is 0 Å². The van der Waals surface area contributed by atoms with Gasteiger partial charge in [0.05, 0.1) is 12.4 Å². The maximum atomic E-state index is 4.29. The lowest BCUT2D eigenvalue weighted by Crippen LogP contribution is -1.97. The Kier molecular flexibility index (Phi) is 2.90. The number of nitrogens with zero attached hydrogens (tertiary/aromatic N) is 4. The summed E-state index contributed by atoms with van der Waals surface area (Å²) in [5.74, 6) is 0.707. The summed E-state index contributed by atoms with van der Waals surface area (Å²) < 4.78 is 2.76. The molecule has 3 aromatic rings. The Bertz CT molecular complexity index is 664. The molecule has 0 amide bonds. The van der Waals surface area contributed by atoms with Crippen LogP contribution >= 0.6 is 15.9 Å². The van der Waals surface area contributed by atoms with Crippen molar-refractivity contribution in [1.29, 1.82) is 0 Å². The van der Waals surface area contributed by atoms with Gasteiger partial charge in [-0.3, -0.25) is 4.98 Å². The van der Waals surface area contributed by atoms with Gasteiger partial charge in [-0.1, -0.05) is 28.1 Å². The first-order valence-corrected chi connectivity index (χ1v) is 6.19. The minimum atomic E-state index is 0.707. The van der Waals surface area contributed by atoms with Gasteiger partial charge in [0.2, 0.25) is 0 Å². The molecule has 2 aromatic heterocycles. The predicted octanol–water partition coefficient (Wildman–Crippen LogP) is 3.09. The van der Waals surface area contributed by atoms with Crippen molar-refractivity contribution in [1.82, 2.24) is 19.7 Å². The van der Waals surface area contributed by atoms with Crippen LogP contribution in [0.5, 0.6) is 0 Å². The molecule has 0 aliphatic heterocycles. The average Bonchev–Trinajstić information content (AvgIpc) is 2.89. The van der Waals surface area contributed by atoms with E-state index in [0.717, 1.165) is 15.6 Å². The van der Waals surface area contributed by atoms with E-state index in [1.807, 2.05) is 30.6 Å². The minimum absolute atomic E-state index is 0.707. The Balaban J connectivity index is 2.00. The summed E-state index contributed by atoms with van der Waals surface area (Å²) in [5, 5.41) is 4.29. The average molecular weight is 301 g/mol. The molecule has 18 heavy (non-hydrogen) atoms. The molecule has 0 N–H and O–H groups in total. The van der Waals surface area contributed by atoms with E-state index in [9.17, 15) is 0 Å². The van der Waals surface area contributed by atoms with Crippen LogP contribution in [0.3, 0.4) is 0 Å². The molecular weight excluding hydrogens is 292 g/mol. The van der Waals surface area contributed by atoms with E-state index < -0.39 is 0 Å². The minimum Gasteiger partial charge on any atom is -0.259 e. The fourth-order valence-electron chi connectivity index (χ4n) is 1.67. The zero-order valence-electron chi connectivity index (χ0n) is 9.36. The summed E-state index contributed by atoms with van der Waals surface area (Å²) in [6.45, 7) is 0. The Morgan fingerprint density at radius 3 is 2.78 bits per heavy atom. The molecule has 0 saturated heterocycles. The summed E-state index contributed by atoms with van der Waals surface area (Å²) in [6, 6.07) is 8.09. The standard InChI is InChI=1S/C13H9BrN4/c14-12-3-1-2-10(6-12)11-7-17-18(9-11)13-8-15-4-5-16-13/h1-9H. The summed E-state index contributed by atoms with van der Waals surface area (Å²) in [5.41, 5.74) is 2.15. The molecule has 2 heterocycles. The quantitative estimate of drug-likeness (QED) is 0.730. The zero-order valence-corrected chi connectivity index (χ0v) is 10.9. The highest BCUT2D eigenvalue weighted by Crippen LogP contribution is 2.22. The molecule has 88 valence electrons. The van der Waals surface area contributed by atoms with Crippen molar-refractivity contribution in [2.24, 2.45) is 0 Å². The molecule has 0 spiro atoms. The van der Waals surface area contributed by atoms with E-state index in [1.165, 1.54) is 0 Å². The van der Waals surface area contributed by atoms with Crippen LogP contribution in [0.15, 0.2) is 59.7 Å². The molecular formula is C13H9BrN4. The Hall–Kier alpha value is -2.01. The van der Waals surface area contributed by atoms with Crippen molar-refractivity contribution >= 4 is 15.9 Å². The Morgan fingerprint density at radius 2 is 2.00 bits per heavy atom. The number of rotatable bonds is 2. The fourth-order valence-corrected chi connectivity index (χ4v) is 2.07. The van der Waals surface area contributed by atoms with Crippen LogP contribution in [0.25, 0.3) is 16.9 Å². The van der Waals surface area contributed by atoms with Crippen LogP contribution in [0, 0.1) is 0 Å². The molecule has 0 atom stereocenters. The van der Waals surface area contributed by atoms with E-state index in [4.69, 9.17) is 0 Å². The first-order valence-electron chi connectivity index (χ1n) is 5.40. The van der Waals surface area contributed by atoms with Crippen molar-refractivity contribution < 1.29 is 0 Å². The van der Waals surface area contributed by atoms with Crippen LogP contribution < -0.4 is 0 Å². The highest BCUT2D eigenvalue weighted by atomic mass is 79.9. The molecule has 4 nitrogen and oxygen atoms in total. The molecule has 0 saturated carbocycles. The molecule has 0 unspecified atom stereocenters. The van der Waals surface area contributed by atoms with Crippen molar-refractivity contribution in [3.05, 3.63) is 59.7 Å². The first kappa shape index (κ1) is 11.1. The Morgan fingerprint density at radius 1 is 1.06 bits per heavy atom. The van der Waals surface area contributed by atoms with E-state index in [2.05, 4.69) is 37.1 Å². The third kappa shape index (κ3) is 2.17. The zero-order chi connectivity index (χ0) is 12.4. The van der Waals surface area contributed by atoms with Gasteiger partial charge in [-0.05, 0) is 17.7 Å². The Labute approximate surface area is 112 Å². The first-order chi connectivity index (χ1) is 8.83. The van der Waals surface area contributed by atoms with Gasteiger partial charge in [0.1, 0.15) is 0 Å². The lowest BCUT2D eigenvalue weighted by Gasteiger charge is -1.98. The van der Waals surface area contributed by atoms with Crippen LogP contribution in [-0.2, 0) is 0 Å². The fraction of sp³-hybridized carbons (Fsp3) is 0. The molecule has 1 aromatic carbocycles. The molecule has 0 bridgehead atoms. The molecule has 0 radical (unpaired) electrons. The number of hydrogen-bond donors (Lipinski definition) is 0. The van der Waals surface area contributed by atoms with Crippen molar-refractivity contribution in [2.45, 2.75) is 0 Å². The summed E-state index contributed by atoms with van der Waals surface area (Å²) in [4.78, 5) is 8.23. The molecule has 3 rings (SSSR count). The van der Waals surface area contributed by atoms with Crippen LogP contribution in [-0.4, -0.2) is 19.7 Å².